The van der Waals surface area contributed by atoms with Gasteiger partial charge in [-0.05, 0) is 38.8 Å². The third-order valence-corrected chi connectivity index (χ3v) is 3.42. The van der Waals surface area contributed by atoms with Crippen molar-refractivity contribution >= 4 is 12.6 Å². The van der Waals surface area contributed by atoms with Gasteiger partial charge >= 0.3 is 0 Å². The summed E-state index contributed by atoms with van der Waals surface area (Å²) in [6.45, 7) is 2.70. The summed E-state index contributed by atoms with van der Waals surface area (Å²) in [6, 6.07) is 0.901. The lowest BCUT2D eigenvalue weighted by Crippen LogP contribution is -2.47. The van der Waals surface area contributed by atoms with E-state index in [9.17, 15) is 0 Å². The maximum atomic E-state index is 4.44. The topological polar surface area (TPSA) is 3.24 Å². The van der Waals surface area contributed by atoms with Gasteiger partial charge in [-0.1, -0.05) is 6.42 Å². The summed E-state index contributed by atoms with van der Waals surface area (Å²) in [5.41, 5.74) is 0. The molecule has 64 valence electrons. The molecular formula is C9H17NS. The molecule has 2 rings (SSSR count). The smallest absolute Gasteiger partial charge is 0.0116 e. The Labute approximate surface area is 74.6 Å². The molecule has 1 aliphatic carbocycles. The number of hydrogen-bond donors (Lipinski definition) is 1. The van der Waals surface area contributed by atoms with E-state index in [1.165, 1.54) is 45.2 Å². The van der Waals surface area contributed by atoms with E-state index in [2.05, 4.69) is 17.5 Å². The Morgan fingerprint density at radius 2 is 1.64 bits per heavy atom. The highest BCUT2D eigenvalue weighted by Crippen LogP contribution is 2.31. The molecule has 2 aliphatic rings. The van der Waals surface area contributed by atoms with Crippen LogP contribution in [0.3, 0.4) is 0 Å². The molecule has 0 bridgehead atoms. The largest absolute Gasteiger partial charge is 0.300 e. The van der Waals surface area contributed by atoms with Gasteiger partial charge in [-0.3, -0.25) is 0 Å². The third-order valence-electron chi connectivity index (χ3n) is 3.00. The molecule has 0 radical (unpaired) electrons. The maximum Gasteiger partial charge on any atom is 0.0116 e. The van der Waals surface area contributed by atoms with Crippen molar-refractivity contribution in [3.63, 3.8) is 0 Å². The van der Waals surface area contributed by atoms with Crippen LogP contribution in [0.2, 0.25) is 0 Å². The zero-order valence-corrected chi connectivity index (χ0v) is 7.89. The maximum absolute atomic E-state index is 4.44. The third kappa shape index (κ3) is 1.73. The van der Waals surface area contributed by atoms with E-state index >= 15 is 0 Å². The summed E-state index contributed by atoms with van der Waals surface area (Å²) in [5, 5.41) is 0.710. The molecule has 0 unspecified atom stereocenters. The number of thiol groups is 1. The Hall–Kier alpha value is 0.310. The average Bonchev–Trinajstić information content (AvgIpc) is 2.01. The fourth-order valence-corrected chi connectivity index (χ4v) is 2.63. The Morgan fingerprint density at radius 3 is 2.18 bits per heavy atom. The van der Waals surface area contributed by atoms with Crippen LogP contribution < -0.4 is 0 Å². The highest BCUT2D eigenvalue weighted by atomic mass is 32.1. The van der Waals surface area contributed by atoms with E-state index in [-0.39, 0.29) is 0 Å². The molecule has 1 heterocycles. The van der Waals surface area contributed by atoms with Crippen LogP contribution in [0.25, 0.3) is 0 Å². The summed E-state index contributed by atoms with van der Waals surface area (Å²) >= 11 is 4.44. The SMILES string of the molecule is SC1CC(N2CCCCC2)C1. The molecule has 1 saturated heterocycles. The minimum Gasteiger partial charge on any atom is -0.300 e. The van der Waals surface area contributed by atoms with Crippen molar-refractivity contribution in [2.24, 2.45) is 0 Å². The minimum absolute atomic E-state index is 0.710. The molecule has 1 saturated carbocycles. The molecule has 0 atom stereocenters. The van der Waals surface area contributed by atoms with E-state index < -0.39 is 0 Å². The van der Waals surface area contributed by atoms with Crippen LogP contribution in [-0.2, 0) is 0 Å². The predicted molar refractivity (Wildman–Crippen MR) is 51.2 cm³/mol. The molecule has 2 fully saturated rings. The predicted octanol–water partition coefficient (Wildman–Crippen LogP) is 1.93. The molecule has 0 N–H and O–H groups in total. The molecule has 0 amide bonds. The fraction of sp³-hybridized carbons (Fsp3) is 1.00. The van der Waals surface area contributed by atoms with Crippen LogP contribution in [0.5, 0.6) is 0 Å². The standard InChI is InChI=1S/C9H17NS/c11-9-6-8(7-9)10-4-2-1-3-5-10/h8-9,11H,1-7H2. The molecule has 0 aromatic rings. The number of rotatable bonds is 1. The van der Waals surface area contributed by atoms with Gasteiger partial charge in [0, 0.05) is 11.3 Å². The second-order valence-electron chi connectivity index (χ2n) is 3.88. The average molecular weight is 171 g/mol. The first-order chi connectivity index (χ1) is 5.36. The van der Waals surface area contributed by atoms with E-state index in [1.807, 2.05) is 0 Å². The van der Waals surface area contributed by atoms with Crippen LogP contribution in [-0.4, -0.2) is 29.3 Å². The van der Waals surface area contributed by atoms with Crippen molar-refractivity contribution in [2.45, 2.75) is 43.4 Å². The number of piperidine rings is 1. The molecule has 0 aromatic carbocycles. The van der Waals surface area contributed by atoms with Crippen LogP contribution in [0.1, 0.15) is 32.1 Å². The summed E-state index contributed by atoms with van der Waals surface area (Å²) in [6.07, 6.45) is 6.97. The van der Waals surface area contributed by atoms with Crippen molar-refractivity contribution in [1.29, 1.82) is 0 Å². The Bertz CT molecular complexity index is 126. The van der Waals surface area contributed by atoms with Gasteiger partial charge < -0.3 is 4.90 Å². The highest BCUT2D eigenvalue weighted by molar-refractivity contribution is 7.81. The first-order valence-corrected chi connectivity index (χ1v) is 5.30. The zero-order chi connectivity index (χ0) is 7.68. The second-order valence-corrected chi connectivity index (χ2v) is 4.61. The number of likely N-dealkylation sites (tertiary alicyclic amines) is 1. The summed E-state index contributed by atoms with van der Waals surface area (Å²) < 4.78 is 0. The molecule has 0 aromatic heterocycles. The van der Waals surface area contributed by atoms with E-state index in [0.717, 1.165) is 6.04 Å². The Balaban J connectivity index is 1.76. The van der Waals surface area contributed by atoms with Crippen molar-refractivity contribution in [3.05, 3.63) is 0 Å². The number of nitrogens with zero attached hydrogens (tertiary/aromatic N) is 1. The first-order valence-electron chi connectivity index (χ1n) is 4.78. The monoisotopic (exact) mass is 171 g/mol. The Morgan fingerprint density at radius 1 is 1.00 bits per heavy atom. The summed E-state index contributed by atoms with van der Waals surface area (Å²) in [7, 11) is 0. The molecule has 0 spiro atoms. The van der Waals surface area contributed by atoms with Gasteiger partial charge in [0.15, 0.2) is 0 Å². The van der Waals surface area contributed by atoms with Gasteiger partial charge in [0.2, 0.25) is 0 Å². The van der Waals surface area contributed by atoms with Crippen molar-refractivity contribution in [3.8, 4) is 0 Å². The van der Waals surface area contributed by atoms with Crippen LogP contribution in [0.4, 0.5) is 0 Å². The molecule has 1 nitrogen and oxygen atoms in total. The van der Waals surface area contributed by atoms with Gasteiger partial charge in [0.25, 0.3) is 0 Å². The van der Waals surface area contributed by atoms with Crippen molar-refractivity contribution in [2.75, 3.05) is 13.1 Å². The molecular weight excluding hydrogens is 154 g/mol. The zero-order valence-electron chi connectivity index (χ0n) is 7.00. The molecule has 1 aliphatic heterocycles. The van der Waals surface area contributed by atoms with Crippen molar-refractivity contribution < 1.29 is 0 Å². The van der Waals surface area contributed by atoms with Gasteiger partial charge in [0.05, 0.1) is 0 Å². The van der Waals surface area contributed by atoms with Gasteiger partial charge in [-0.15, -0.1) is 0 Å². The van der Waals surface area contributed by atoms with Crippen LogP contribution >= 0.6 is 12.6 Å². The second kappa shape index (κ2) is 3.36. The summed E-state index contributed by atoms with van der Waals surface area (Å²) in [4.78, 5) is 2.66. The van der Waals surface area contributed by atoms with E-state index in [0.29, 0.717) is 5.25 Å². The van der Waals surface area contributed by atoms with Gasteiger partial charge in [-0.25, -0.2) is 0 Å². The fourth-order valence-electron chi connectivity index (χ4n) is 2.14. The molecule has 11 heavy (non-hydrogen) atoms. The lowest BCUT2D eigenvalue weighted by Gasteiger charge is -2.42. The first kappa shape index (κ1) is 7.93. The van der Waals surface area contributed by atoms with Crippen molar-refractivity contribution in [1.82, 2.24) is 4.90 Å². The quantitative estimate of drug-likeness (QED) is 0.590. The molecule has 2 heteroatoms. The van der Waals surface area contributed by atoms with Gasteiger partial charge in [0.1, 0.15) is 0 Å². The van der Waals surface area contributed by atoms with E-state index in [4.69, 9.17) is 0 Å². The summed E-state index contributed by atoms with van der Waals surface area (Å²) in [5.74, 6) is 0. The lowest BCUT2D eigenvalue weighted by molar-refractivity contribution is 0.110. The lowest BCUT2D eigenvalue weighted by atomic mass is 9.89. The van der Waals surface area contributed by atoms with Crippen LogP contribution in [0.15, 0.2) is 0 Å². The van der Waals surface area contributed by atoms with E-state index in [1.54, 1.807) is 0 Å². The normalized spacial score (nSPS) is 40.1. The minimum atomic E-state index is 0.710. The Kier molecular flexibility index (Phi) is 2.42. The van der Waals surface area contributed by atoms with Gasteiger partial charge in [-0.2, -0.15) is 12.6 Å². The highest BCUT2D eigenvalue weighted by Gasteiger charge is 2.31. The number of hydrogen-bond acceptors (Lipinski definition) is 2. The van der Waals surface area contributed by atoms with Crippen LogP contribution in [0, 0.1) is 0 Å².